The third-order valence-electron chi connectivity index (χ3n) is 5.75. The van der Waals surface area contributed by atoms with E-state index in [1.54, 1.807) is 25.6 Å². The number of hydrazine groups is 1. The Labute approximate surface area is 203 Å². The second-order valence-corrected chi connectivity index (χ2v) is 8.43. The summed E-state index contributed by atoms with van der Waals surface area (Å²) in [6, 6.07) is 5.35. The Hall–Kier alpha value is -4.12. The molecule has 3 N–H and O–H groups in total. The molecule has 11 heteroatoms. The Balaban J connectivity index is 1.59. The summed E-state index contributed by atoms with van der Waals surface area (Å²) in [6.45, 7) is 6.65. The summed E-state index contributed by atoms with van der Waals surface area (Å²) in [5.74, 6) is -0.290. The van der Waals surface area contributed by atoms with Crippen LogP contribution in [0.1, 0.15) is 29.9 Å². The third kappa shape index (κ3) is 5.35. The van der Waals surface area contributed by atoms with Crippen LogP contribution in [0.5, 0.6) is 0 Å². The van der Waals surface area contributed by atoms with Gasteiger partial charge in [-0.15, -0.1) is 0 Å². The number of ether oxygens (including phenoxy) is 1. The largest absolute Gasteiger partial charge is 0.383 e. The highest BCUT2D eigenvalue weighted by Crippen LogP contribution is 2.32. The molecule has 0 aliphatic carbocycles. The number of nitrogens with zero attached hydrogens (tertiary/aromatic N) is 5. The Morgan fingerprint density at radius 3 is 2.89 bits per heavy atom. The van der Waals surface area contributed by atoms with Crippen LogP contribution in [0.2, 0.25) is 0 Å². The number of nitrogens with one attached hydrogen (secondary N) is 3. The van der Waals surface area contributed by atoms with E-state index in [-0.39, 0.29) is 29.5 Å². The van der Waals surface area contributed by atoms with Crippen LogP contribution in [0.3, 0.4) is 0 Å². The molecule has 0 fully saturated rings. The number of aryl methyl sites for hydroxylation is 1. The van der Waals surface area contributed by atoms with Crippen molar-refractivity contribution in [3.8, 4) is 0 Å². The minimum Gasteiger partial charge on any atom is -0.383 e. The fraction of sp³-hybridized carbons (Fsp3) is 0.333. The quantitative estimate of drug-likeness (QED) is 0.556. The normalized spacial score (nSPS) is 18.8. The smallest absolute Gasteiger partial charge is 0.275 e. The van der Waals surface area contributed by atoms with Gasteiger partial charge in [0.25, 0.3) is 5.91 Å². The summed E-state index contributed by atoms with van der Waals surface area (Å²) in [7, 11) is 1.61. The number of fused-ring (bicyclic) bond motifs is 1. The number of aromatic nitrogens is 2. The number of benzene rings is 1. The molecule has 182 valence electrons. The molecule has 2 aromatic rings. The summed E-state index contributed by atoms with van der Waals surface area (Å²) in [5, 5.41) is 7.69. The van der Waals surface area contributed by atoms with Gasteiger partial charge in [-0.1, -0.05) is 6.07 Å². The van der Waals surface area contributed by atoms with Crippen molar-refractivity contribution >= 4 is 35.4 Å². The van der Waals surface area contributed by atoms with E-state index in [9.17, 15) is 9.59 Å². The molecule has 11 nitrogen and oxygen atoms in total. The average Bonchev–Trinajstić information content (AvgIpc) is 3.19. The van der Waals surface area contributed by atoms with E-state index in [2.05, 4.69) is 31.0 Å². The van der Waals surface area contributed by atoms with Crippen LogP contribution in [0.15, 0.2) is 58.0 Å². The van der Waals surface area contributed by atoms with Gasteiger partial charge in [0.15, 0.2) is 5.84 Å². The number of amidine groups is 1. The molecule has 2 aliphatic heterocycles. The molecule has 2 atom stereocenters. The van der Waals surface area contributed by atoms with Crippen molar-refractivity contribution in [3.63, 3.8) is 0 Å². The summed E-state index contributed by atoms with van der Waals surface area (Å²) in [5.41, 5.74) is 7.08. The molecule has 0 spiro atoms. The number of anilines is 1. The van der Waals surface area contributed by atoms with E-state index in [4.69, 9.17) is 9.73 Å². The molecule has 3 heterocycles. The van der Waals surface area contributed by atoms with Crippen molar-refractivity contribution in [3.05, 3.63) is 59.3 Å². The molecule has 2 amide bonds. The predicted octanol–water partition coefficient (Wildman–Crippen LogP) is 1.97. The molecular formula is C24H28N8O3. The van der Waals surface area contributed by atoms with Crippen molar-refractivity contribution < 1.29 is 14.3 Å². The van der Waals surface area contributed by atoms with Crippen molar-refractivity contribution in [1.82, 2.24) is 25.7 Å². The van der Waals surface area contributed by atoms with Crippen molar-refractivity contribution in [2.24, 2.45) is 15.9 Å². The number of carbonyl (C=O) groups is 2. The zero-order chi connectivity index (χ0) is 24.9. The molecule has 1 aromatic heterocycles. The number of amides is 2. The van der Waals surface area contributed by atoms with Crippen LogP contribution in [0, 0.1) is 12.8 Å². The molecular weight excluding hydrogens is 448 g/mol. The van der Waals surface area contributed by atoms with Gasteiger partial charge >= 0.3 is 0 Å². The number of rotatable bonds is 7. The molecule has 0 saturated carbocycles. The Morgan fingerprint density at radius 2 is 2.14 bits per heavy atom. The molecule has 0 saturated heterocycles. The lowest BCUT2D eigenvalue weighted by Crippen LogP contribution is -2.44. The van der Waals surface area contributed by atoms with Crippen molar-refractivity contribution in [1.29, 1.82) is 0 Å². The highest BCUT2D eigenvalue weighted by Gasteiger charge is 2.37. The maximum Gasteiger partial charge on any atom is 0.275 e. The topological polar surface area (TPSA) is 133 Å². The van der Waals surface area contributed by atoms with Gasteiger partial charge in [-0.05, 0) is 44.0 Å². The van der Waals surface area contributed by atoms with Crippen LogP contribution in [0.25, 0.3) is 0 Å². The lowest BCUT2D eigenvalue weighted by Gasteiger charge is -2.25. The van der Waals surface area contributed by atoms with Crippen LogP contribution < -0.4 is 16.1 Å². The van der Waals surface area contributed by atoms with Gasteiger partial charge < -0.3 is 15.4 Å². The maximum atomic E-state index is 12.9. The zero-order valence-electron chi connectivity index (χ0n) is 20.1. The summed E-state index contributed by atoms with van der Waals surface area (Å²) in [6.07, 6.45) is 5.93. The zero-order valence-corrected chi connectivity index (χ0v) is 20.1. The summed E-state index contributed by atoms with van der Waals surface area (Å²) < 4.78 is 5.12. The van der Waals surface area contributed by atoms with Crippen LogP contribution in [-0.4, -0.2) is 65.3 Å². The maximum absolute atomic E-state index is 12.9. The first-order valence-electron chi connectivity index (χ1n) is 11.2. The van der Waals surface area contributed by atoms with Gasteiger partial charge in [0.05, 0.1) is 31.0 Å². The summed E-state index contributed by atoms with van der Waals surface area (Å²) in [4.78, 5) is 42.5. The van der Waals surface area contributed by atoms with Crippen molar-refractivity contribution in [2.75, 3.05) is 25.6 Å². The first-order chi connectivity index (χ1) is 16.9. The first-order valence-corrected chi connectivity index (χ1v) is 11.2. The lowest BCUT2D eigenvalue weighted by molar-refractivity contribution is -0.124. The monoisotopic (exact) mass is 476 g/mol. The Bertz CT molecular complexity index is 1210. The number of hydrogen-bond acceptors (Lipinski definition) is 8. The van der Waals surface area contributed by atoms with Crippen molar-refractivity contribution in [2.45, 2.75) is 26.8 Å². The number of methoxy groups -OCH3 is 1. The van der Waals surface area contributed by atoms with Gasteiger partial charge in [-0.3, -0.25) is 25.0 Å². The van der Waals surface area contributed by atoms with E-state index in [1.807, 2.05) is 31.8 Å². The van der Waals surface area contributed by atoms with Gasteiger partial charge in [-0.25, -0.2) is 15.0 Å². The second-order valence-electron chi connectivity index (χ2n) is 8.43. The molecule has 0 bridgehead atoms. The molecule has 2 aliphatic rings. The first kappa shape index (κ1) is 24.0. The van der Waals surface area contributed by atoms with Gasteiger partial charge in [-0.2, -0.15) is 0 Å². The fourth-order valence-electron chi connectivity index (χ4n) is 3.95. The van der Waals surface area contributed by atoms with Crippen LogP contribution in [0.4, 0.5) is 11.4 Å². The molecule has 1 unspecified atom stereocenters. The number of aliphatic imine (C=N–C) groups is 2. The number of hydrogen-bond donors (Lipinski definition) is 3. The van der Waals surface area contributed by atoms with Gasteiger partial charge in [0, 0.05) is 31.2 Å². The lowest BCUT2D eigenvalue weighted by atomic mass is 10.0. The Morgan fingerprint density at radius 1 is 1.31 bits per heavy atom. The molecule has 0 radical (unpaired) electrons. The average molecular weight is 477 g/mol. The predicted molar refractivity (Wildman–Crippen MR) is 132 cm³/mol. The highest BCUT2D eigenvalue weighted by molar-refractivity contribution is 6.07. The number of carbonyl (C=O) groups excluding carboxylic acids is 2. The van der Waals surface area contributed by atoms with E-state index >= 15 is 0 Å². The van der Waals surface area contributed by atoms with E-state index in [1.165, 1.54) is 18.6 Å². The second kappa shape index (κ2) is 10.4. The van der Waals surface area contributed by atoms with E-state index in [0.29, 0.717) is 30.4 Å². The summed E-state index contributed by atoms with van der Waals surface area (Å²) >= 11 is 0. The van der Waals surface area contributed by atoms with Gasteiger partial charge in [0.1, 0.15) is 17.7 Å². The SMILES string of the molecule is COC[C@H](C)NC(=O)C1CN2NC=NC(=Nc3cc(NC(=O)c4cnccn4)ccc3C)C2=C1C. The van der Waals surface area contributed by atoms with Crippen LogP contribution >= 0.6 is 0 Å². The molecule has 1 aromatic carbocycles. The highest BCUT2D eigenvalue weighted by atomic mass is 16.5. The Kier molecular flexibility index (Phi) is 7.16. The minimum absolute atomic E-state index is 0.0694. The standard InChI is InChI=1S/C24H28N8O3/c1-14-5-6-17(30-24(34)20-10-25-7-8-26-20)9-19(14)31-22-21-16(3)18(11-32(21)28-13-27-22)23(33)29-15(2)12-35-4/h5-10,13,15,18H,11-12H2,1-4H3,(H,29,33)(H,30,34)(H,27,28,31)/t15-,18?/m0/s1. The van der Waals surface area contributed by atoms with E-state index < -0.39 is 0 Å². The molecule has 4 rings (SSSR count). The third-order valence-corrected chi connectivity index (χ3v) is 5.75. The molecule has 35 heavy (non-hydrogen) atoms. The minimum atomic E-state index is -0.363. The van der Waals surface area contributed by atoms with E-state index in [0.717, 1.165) is 16.8 Å². The van der Waals surface area contributed by atoms with Crippen LogP contribution in [-0.2, 0) is 9.53 Å². The fourth-order valence-corrected chi connectivity index (χ4v) is 3.95. The van der Waals surface area contributed by atoms with Gasteiger partial charge in [0.2, 0.25) is 5.91 Å².